The summed E-state index contributed by atoms with van der Waals surface area (Å²) < 4.78 is 5.86. The molecule has 2 unspecified atom stereocenters. The second-order valence-electron chi connectivity index (χ2n) is 5.39. The maximum atomic E-state index is 5.86. The fourth-order valence-electron chi connectivity index (χ4n) is 2.71. The molecule has 0 spiro atoms. The summed E-state index contributed by atoms with van der Waals surface area (Å²) in [7, 11) is 2.04. The zero-order valence-electron chi connectivity index (χ0n) is 10.5. The standard InChI is InChI=1S/C15H21NO/c1-16-10-12-5-8-15(12)11-3-2-4-14(9-11)17-13-6-7-13/h2-4,9,12-13,15-16H,5-8,10H2,1H3. The Kier molecular flexibility index (Phi) is 3.06. The molecule has 0 heterocycles. The van der Waals surface area contributed by atoms with Gasteiger partial charge in [-0.1, -0.05) is 12.1 Å². The monoisotopic (exact) mass is 231 g/mol. The minimum Gasteiger partial charge on any atom is -0.490 e. The third kappa shape index (κ3) is 2.47. The van der Waals surface area contributed by atoms with Gasteiger partial charge >= 0.3 is 0 Å². The highest BCUT2D eigenvalue weighted by atomic mass is 16.5. The highest BCUT2D eigenvalue weighted by Gasteiger charge is 2.31. The van der Waals surface area contributed by atoms with E-state index in [4.69, 9.17) is 4.74 Å². The number of hydrogen-bond donors (Lipinski definition) is 1. The molecule has 1 aromatic rings. The van der Waals surface area contributed by atoms with E-state index >= 15 is 0 Å². The second-order valence-corrected chi connectivity index (χ2v) is 5.39. The summed E-state index contributed by atoms with van der Waals surface area (Å²) in [6.07, 6.45) is 5.66. The van der Waals surface area contributed by atoms with Crippen molar-refractivity contribution < 1.29 is 4.74 Å². The third-order valence-electron chi connectivity index (χ3n) is 4.00. The summed E-state index contributed by atoms with van der Waals surface area (Å²) in [5.74, 6) is 2.63. The van der Waals surface area contributed by atoms with Crippen molar-refractivity contribution in [3.63, 3.8) is 0 Å². The first-order valence-electron chi connectivity index (χ1n) is 6.78. The Bertz CT molecular complexity index is 386. The van der Waals surface area contributed by atoms with Crippen LogP contribution in [0, 0.1) is 5.92 Å². The molecule has 0 aromatic heterocycles. The van der Waals surface area contributed by atoms with Crippen LogP contribution < -0.4 is 10.1 Å². The average molecular weight is 231 g/mol. The summed E-state index contributed by atoms with van der Waals surface area (Å²) in [5.41, 5.74) is 1.47. The van der Waals surface area contributed by atoms with Gasteiger partial charge in [0.05, 0.1) is 6.10 Å². The van der Waals surface area contributed by atoms with Crippen molar-refractivity contribution in [3.8, 4) is 5.75 Å². The van der Waals surface area contributed by atoms with E-state index in [-0.39, 0.29) is 0 Å². The van der Waals surface area contributed by atoms with Crippen molar-refractivity contribution in [3.05, 3.63) is 29.8 Å². The van der Waals surface area contributed by atoms with Crippen LogP contribution >= 0.6 is 0 Å². The van der Waals surface area contributed by atoms with E-state index in [0.29, 0.717) is 6.10 Å². The lowest BCUT2D eigenvalue weighted by molar-refractivity contribution is 0.249. The molecule has 92 valence electrons. The molecule has 0 amide bonds. The van der Waals surface area contributed by atoms with E-state index < -0.39 is 0 Å². The largest absolute Gasteiger partial charge is 0.490 e. The summed E-state index contributed by atoms with van der Waals surface area (Å²) >= 11 is 0. The third-order valence-corrected chi connectivity index (χ3v) is 4.00. The molecule has 0 aliphatic heterocycles. The van der Waals surface area contributed by atoms with E-state index in [9.17, 15) is 0 Å². The minimum atomic E-state index is 0.500. The molecule has 17 heavy (non-hydrogen) atoms. The van der Waals surface area contributed by atoms with Gasteiger partial charge in [-0.05, 0) is 68.8 Å². The van der Waals surface area contributed by atoms with Crippen LogP contribution in [0.4, 0.5) is 0 Å². The highest BCUT2D eigenvalue weighted by Crippen LogP contribution is 2.43. The van der Waals surface area contributed by atoms with Gasteiger partial charge in [0.15, 0.2) is 0 Å². The fourth-order valence-corrected chi connectivity index (χ4v) is 2.71. The van der Waals surface area contributed by atoms with E-state index in [1.165, 1.54) is 31.2 Å². The first-order chi connectivity index (χ1) is 8.36. The topological polar surface area (TPSA) is 21.3 Å². The zero-order valence-corrected chi connectivity index (χ0v) is 10.5. The molecule has 0 saturated heterocycles. The van der Waals surface area contributed by atoms with Gasteiger partial charge in [-0.15, -0.1) is 0 Å². The Morgan fingerprint density at radius 3 is 2.76 bits per heavy atom. The van der Waals surface area contributed by atoms with Crippen molar-refractivity contribution in [2.75, 3.05) is 13.6 Å². The summed E-state index contributed by atoms with van der Waals surface area (Å²) in [6, 6.07) is 8.74. The number of nitrogens with one attached hydrogen (secondary N) is 1. The van der Waals surface area contributed by atoms with Crippen molar-refractivity contribution in [1.82, 2.24) is 5.32 Å². The van der Waals surface area contributed by atoms with Crippen molar-refractivity contribution >= 4 is 0 Å². The summed E-state index contributed by atoms with van der Waals surface area (Å²) in [5, 5.41) is 3.29. The molecule has 2 atom stereocenters. The van der Waals surface area contributed by atoms with E-state index in [1.807, 2.05) is 7.05 Å². The van der Waals surface area contributed by atoms with Crippen LogP contribution in [0.1, 0.15) is 37.2 Å². The molecular weight excluding hydrogens is 210 g/mol. The number of hydrogen-bond acceptors (Lipinski definition) is 2. The first-order valence-corrected chi connectivity index (χ1v) is 6.78. The molecule has 2 nitrogen and oxygen atoms in total. The van der Waals surface area contributed by atoms with Crippen LogP contribution in [0.5, 0.6) is 5.75 Å². The van der Waals surface area contributed by atoms with E-state index in [2.05, 4.69) is 29.6 Å². The fraction of sp³-hybridized carbons (Fsp3) is 0.600. The summed E-state index contributed by atoms with van der Waals surface area (Å²) in [6.45, 7) is 1.14. The maximum Gasteiger partial charge on any atom is 0.120 e. The van der Waals surface area contributed by atoms with Crippen LogP contribution in [-0.4, -0.2) is 19.7 Å². The van der Waals surface area contributed by atoms with Gasteiger partial charge in [-0.25, -0.2) is 0 Å². The normalized spacial score (nSPS) is 27.6. The number of rotatable bonds is 5. The lowest BCUT2D eigenvalue weighted by atomic mass is 9.70. The number of ether oxygens (including phenoxy) is 1. The van der Waals surface area contributed by atoms with Crippen LogP contribution in [0.3, 0.4) is 0 Å². The lowest BCUT2D eigenvalue weighted by Gasteiger charge is -2.37. The molecule has 2 aliphatic carbocycles. The van der Waals surface area contributed by atoms with Crippen LogP contribution in [-0.2, 0) is 0 Å². The first kappa shape index (κ1) is 11.1. The second kappa shape index (κ2) is 4.69. The zero-order chi connectivity index (χ0) is 11.7. The average Bonchev–Trinajstić information content (AvgIpc) is 3.09. The van der Waals surface area contributed by atoms with E-state index in [1.54, 1.807) is 0 Å². The smallest absolute Gasteiger partial charge is 0.120 e. The Morgan fingerprint density at radius 2 is 2.12 bits per heavy atom. The van der Waals surface area contributed by atoms with Gasteiger partial charge < -0.3 is 10.1 Å². The molecule has 1 aromatic carbocycles. The van der Waals surface area contributed by atoms with Crippen LogP contribution in [0.25, 0.3) is 0 Å². The quantitative estimate of drug-likeness (QED) is 0.841. The number of benzene rings is 1. The molecule has 0 radical (unpaired) electrons. The van der Waals surface area contributed by atoms with Gasteiger partial charge in [0.2, 0.25) is 0 Å². The van der Waals surface area contributed by atoms with E-state index in [0.717, 1.165) is 24.1 Å². The van der Waals surface area contributed by atoms with Crippen LogP contribution in [0.15, 0.2) is 24.3 Å². The van der Waals surface area contributed by atoms with Gasteiger partial charge in [-0.3, -0.25) is 0 Å². The Balaban J connectivity index is 1.69. The predicted octanol–water partition coefficient (Wildman–Crippen LogP) is 2.94. The predicted molar refractivity (Wildman–Crippen MR) is 69.5 cm³/mol. The van der Waals surface area contributed by atoms with Gasteiger partial charge in [0, 0.05) is 0 Å². The van der Waals surface area contributed by atoms with Crippen molar-refractivity contribution in [2.24, 2.45) is 5.92 Å². The molecule has 2 fully saturated rings. The molecule has 1 N–H and O–H groups in total. The van der Waals surface area contributed by atoms with Gasteiger partial charge in [0.25, 0.3) is 0 Å². The van der Waals surface area contributed by atoms with Gasteiger partial charge in [-0.2, -0.15) is 0 Å². The van der Waals surface area contributed by atoms with Crippen LogP contribution in [0.2, 0.25) is 0 Å². The lowest BCUT2D eigenvalue weighted by Crippen LogP contribution is -2.32. The van der Waals surface area contributed by atoms with Gasteiger partial charge in [0.1, 0.15) is 5.75 Å². The Hall–Kier alpha value is -1.02. The van der Waals surface area contributed by atoms with Crippen molar-refractivity contribution in [1.29, 1.82) is 0 Å². The highest BCUT2D eigenvalue weighted by molar-refractivity contribution is 5.33. The summed E-state index contributed by atoms with van der Waals surface area (Å²) in [4.78, 5) is 0. The van der Waals surface area contributed by atoms with Crippen molar-refractivity contribution in [2.45, 2.75) is 37.7 Å². The Labute approximate surface area is 103 Å². The molecule has 2 saturated carbocycles. The molecule has 0 bridgehead atoms. The maximum absolute atomic E-state index is 5.86. The minimum absolute atomic E-state index is 0.500. The SMILES string of the molecule is CNCC1CCC1c1cccc(OC2CC2)c1. The molecule has 2 heteroatoms. The molecule has 2 aliphatic rings. The molecular formula is C15H21NO. The molecule has 3 rings (SSSR count). The Morgan fingerprint density at radius 1 is 1.24 bits per heavy atom.